The summed E-state index contributed by atoms with van der Waals surface area (Å²) in [5, 5.41) is 5.86. The quantitative estimate of drug-likeness (QED) is 0.651. The average Bonchev–Trinajstić information content (AvgIpc) is 2.78. The highest BCUT2D eigenvalue weighted by Gasteiger charge is 2.23. The van der Waals surface area contributed by atoms with E-state index in [0.29, 0.717) is 42.7 Å². The summed E-state index contributed by atoms with van der Waals surface area (Å²) < 4.78 is 18.2. The third kappa shape index (κ3) is 6.38. The fourth-order valence-electron chi connectivity index (χ4n) is 3.27. The Balaban J connectivity index is 1.36. The number of ether oxygens (including phenoxy) is 1. The highest BCUT2D eigenvalue weighted by atomic mass is 32.2. The molecule has 2 N–H and O–H groups in total. The predicted octanol–water partition coefficient (Wildman–Crippen LogP) is 3.99. The summed E-state index contributed by atoms with van der Waals surface area (Å²) in [5.41, 5.74) is 0.651. The first-order valence-corrected chi connectivity index (χ1v) is 10.9. The normalized spacial score (nSPS) is 14.3. The number of benzene rings is 2. The molecule has 30 heavy (non-hydrogen) atoms. The van der Waals surface area contributed by atoms with E-state index in [9.17, 15) is 14.0 Å². The summed E-state index contributed by atoms with van der Waals surface area (Å²) in [6.45, 7) is 1.89. The van der Waals surface area contributed by atoms with E-state index in [2.05, 4.69) is 10.6 Å². The molecule has 1 aliphatic rings. The Morgan fingerprint density at radius 1 is 1.13 bits per heavy atom. The van der Waals surface area contributed by atoms with Crippen LogP contribution < -0.4 is 15.4 Å². The summed E-state index contributed by atoms with van der Waals surface area (Å²) in [5.74, 6) is 0.945. The molecule has 0 bridgehead atoms. The number of likely N-dealkylation sites (tertiary alicyclic amines) is 1. The summed E-state index contributed by atoms with van der Waals surface area (Å²) in [6.07, 6.45) is 1.68. The Morgan fingerprint density at radius 3 is 2.53 bits per heavy atom. The smallest absolute Gasteiger partial charge is 0.321 e. The van der Waals surface area contributed by atoms with Crippen molar-refractivity contribution in [3.63, 3.8) is 0 Å². The molecule has 0 radical (unpaired) electrons. The first kappa shape index (κ1) is 22.0. The molecule has 160 valence electrons. The number of amides is 3. The molecule has 6 nitrogen and oxygen atoms in total. The Labute approximate surface area is 180 Å². The number of carbonyl (C=O) groups excluding carboxylic acids is 2. The van der Waals surface area contributed by atoms with Crippen molar-refractivity contribution in [2.24, 2.45) is 5.92 Å². The van der Waals surface area contributed by atoms with Crippen molar-refractivity contribution in [2.75, 3.05) is 37.8 Å². The molecule has 1 heterocycles. The summed E-state index contributed by atoms with van der Waals surface area (Å²) >= 11 is 1.38. The van der Waals surface area contributed by atoms with Crippen LogP contribution in [0.15, 0.2) is 53.4 Å². The second-order valence-corrected chi connectivity index (χ2v) is 8.16. The number of para-hydroxylation sites is 2. The van der Waals surface area contributed by atoms with Crippen molar-refractivity contribution in [3.05, 3.63) is 54.3 Å². The minimum Gasteiger partial charge on any atom is -0.495 e. The van der Waals surface area contributed by atoms with E-state index in [4.69, 9.17) is 4.74 Å². The van der Waals surface area contributed by atoms with Gasteiger partial charge in [-0.2, -0.15) is 0 Å². The van der Waals surface area contributed by atoms with Gasteiger partial charge in [-0.15, -0.1) is 11.8 Å². The second-order valence-electron chi connectivity index (χ2n) is 7.11. The number of halogens is 1. The van der Waals surface area contributed by atoms with Crippen molar-refractivity contribution >= 4 is 29.4 Å². The fourth-order valence-corrected chi connectivity index (χ4v) is 4.00. The van der Waals surface area contributed by atoms with Gasteiger partial charge >= 0.3 is 6.03 Å². The Morgan fingerprint density at radius 2 is 1.83 bits per heavy atom. The summed E-state index contributed by atoms with van der Waals surface area (Å²) in [6, 6.07) is 13.3. The molecule has 1 fully saturated rings. The molecular weight excluding hydrogens is 405 g/mol. The largest absolute Gasteiger partial charge is 0.495 e. The number of anilines is 1. The van der Waals surface area contributed by atoms with Gasteiger partial charge in [-0.05, 0) is 55.2 Å². The Kier molecular flexibility index (Phi) is 7.96. The van der Waals surface area contributed by atoms with Gasteiger partial charge in [0.05, 0.1) is 18.6 Å². The van der Waals surface area contributed by atoms with Crippen LogP contribution in [0, 0.1) is 11.7 Å². The second kappa shape index (κ2) is 10.9. The van der Waals surface area contributed by atoms with Gasteiger partial charge in [0.25, 0.3) is 0 Å². The van der Waals surface area contributed by atoms with Crippen LogP contribution in [0.5, 0.6) is 5.75 Å². The lowest BCUT2D eigenvalue weighted by atomic mass is 9.97. The zero-order chi connectivity index (χ0) is 21.3. The predicted molar refractivity (Wildman–Crippen MR) is 116 cm³/mol. The van der Waals surface area contributed by atoms with Crippen molar-refractivity contribution in [3.8, 4) is 5.75 Å². The summed E-state index contributed by atoms with van der Waals surface area (Å²) in [4.78, 5) is 27.2. The number of nitrogens with zero attached hydrogens (tertiary/aromatic N) is 1. The number of urea groups is 1. The first-order valence-electron chi connectivity index (χ1n) is 9.89. The summed E-state index contributed by atoms with van der Waals surface area (Å²) in [7, 11) is 1.57. The molecule has 3 amide bonds. The molecule has 0 atom stereocenters. The third-order valence-corrected chi connectivity index (χ3v) is 6.03. The monoisotopic (exact) mass is 431 g/mol. The highest BCUT2D eigenvalue weighted by Crippen LogP contribution is 2.24. The minimum atomic E-state index is -0.285. The van der Waals surface area contributed by atoms with Crippen molar-refractivity contribution in [1.29, 1.82) is 0 Å². The van der Waals surface area contributed by atoms with Crippen LogP contribution in [-0.2, 0) is 4.79 Å². The van der Waals surface area contributed by atoms with Gasteiger partial charge in [-0.25, -0.2) is 9.18 Å². The van der Waals surface area contributed by atoms with E-state index in [1.807, 2.05) is 18.2 Å². The highest BCUT2D eigenvalue weighted by molar-refractivity contribution is 8.00. The number of piperidine rings is 1. The standard InChI is InChI=1S/C22H26FN3O3S/c1-29-20-5-3-2-4-19(20)25-22(28)26-12-10-16(11-13-26)14-24-21(27)15-30-18-8-6-17(23)7-9-18/h2-9,16H,10-15H2,1H3,(H,24,27)(H,25,28). The van der Waals surface area contributed by atoms with Crippen LogP contribution in [0.4, 0.5) is 14.9 Å². The molecule has 8 heteroatoms. The zero-order valence-electron chi connectivity index (χ0n) is 16.9. The van der Waals surface area contributed by atoms with Gasteiger partial charge in [-0.1, -0.05) is 12.1 Å². The van der Waals surface area contributed by atoms with E-state index in [1.54, 1.807) is 30.2 Å². The van der Waals surface area contributed by atoms with E-state index in [1.165, 1.54) is 23.9 Å². The Bertz CT molecular complexity index is 855. The fraction of sp³-hybridized carbons (Fsp3) is 0.364. The molecule has 2 aromatic rings. The molecule has 0 unspecified atom stereocenters. The maximum Gasteiger partial charge on any atom is 0.321 e. The molecule has 0 aromatic heterocycles. The van der Waals surface area contributed by atoms with Crippen molar-refractivity contribution in [1.82, 2.24) is 10.2 Å². The lowest BCUT2D eigenvalue weighted by molar-refractivity contribution is -0.118. The lowest BCUT2D eigenvalue weighted by Gasteiger charge is -2.32. The number of thioether (sulfide) groups is 1. The van der Waals surface area contributed by atoms with Crippen LogP contribution in [-0.4, -0.2) is 49.3 Å². The van der Waals surface area contributed by atoms with Crippen LogP contribution in [0.3, 0.4) is 0 Å². The van der Waals surface area contributed by atoms with E-state index < -0.39 is 0 Å². The van der Waals surface area contributed by atoms with Crippen molar-refractivity contribution in [2.45, 2.75) is 17.7 Å². The Hall–Kier alpha value is -2.74. The van der Waals surface area contributed by atoms with Crippen LogP contribution in [0.25, 0.3) is 0 Å². The van der Waals surface area contributed by atoms with Gasteiger partial charge in [0.15, 0.2) is 0 Å². The number of hydrogen-bond donors (Lipinski definition) is 2. The van der Waals surface area contributed by atoms with Crippen LogP contribution in [0.2, 0.25) is 0 Å². The van der Waals surface area contributed by atoms with Gasteiger partial charge in [-0.3, -0.25) is 4.79 Å². The topological polar surface area (TPSA) is 70.7 Å². The average molecular weight is 432 g/mol. The number of hydrogen-bond acceptors (Lipinski definition) is 4. The van der Waals surface area contributed by atoms with Gasteiger partial charge < -0.3 is 20.3 Å². The number of methoxy groups -OCH3 is 1. The van der Waals surface area contributed by atoms with Gasteiger partial charge in [0, 0.05) is 24.5 Å². The SMILES string of the molecule is COc1ccccc1NC(=O)N1CCC(CNC(=O)CSc2ccc(F)cc2)CC1. The number of carbonyl (C=O) groups is 2. The van der Waals surface area contributed by atoms with Crippen LogP contribution in [0.1, 0.15) is 12.8 Å². The minimum absolute atomic E-state index is 0.0410. The maximum atomic E-state index is 12.9. The third-order valence-electron chi connectivity index (χ3n) is 5.02. The lowest BCUT2D eigenvalue weighted by Crippen LogP contribution is -2.43. The zero-order valence-corrected chi connectivity index (χ0v) is 17.7. The number of rotatable bonds is 7. The molecule has 1 aliphatic heterocycles. The van der Waals surface area contributed by atoms with Gasteiger partial charge in [0.1, 0.15) is 11.6 Å². The number of nitrogens with one attached hydrogen (secondary N) is 2. The maximum absolute atomic E-state index is 12.9. The molecule has 3 rings (SSSR count). The molecule has 0 saturated carbocycles. The molecule has 2 aromatic carbocycles. The van der Waals surface area contributed by atoms with Crippen LogP contribution >= 0.6 is 11.8 Å². The van der Waals surface area contributed by atoms with Crippen molar-refractivity contribution < 1.29 is 18.7 Å². The van der Waals surface area contributed by atoms with Gasteiger partial charge in [0.2, 0.25) is 5.91 Å². The van der Waals surface area contributed by atoms with E-state index in [0.717, 1.165) is 17.7 Å². The first-order chi connectivity index (χ1) is 14.5. The van der Waals surface area contributed by atoms with E-state index in [-0.39, 0.29) is 17.8 Å². The molecule has 1 saturated heterocycles. The van der Waals surface area contributed by atoms with E-state index >= 15 is 0 Å². The molecular formula is C22H26FN3O3S. The molecule has 0 aliphatic carbocycles. The molecule has 0 spiro atoms.